The Hall–Kier alpha value is -1.45. The maximum absolute atomic E-state index is 13.2. The zero-order valence-corrected chi connectivity index (χ0v) is 11.2. The van der Waals surface area contributed by atoms with Gasteiger partial charge >= 0.3 is 0 Å². The molecule has 0 heterocycles. The number of nitrogens with one attached hydrogen (secondary N) is 1. The first kappa shape index (κ1) is 14.0. The third kappa shape index (κ3) is 3.31. The van der Waals surface area contributed by atoms with Crippen LogP contribution in [0.5, 0.6) is 0 Å². The SMILES string of the molecule is CCNC(c1ccc(F)cc1)c1ccc(F)c(Cl)c1. The Morgan fingerprint density at radius 1 is 1.05 bits per heavy atom. The van der Waals surface area contributed by atoms with Gasteiger partial charge in [0, 0.05) is 0 Å². The number of hydrogen-bond donors (Lipinski definition) is 1. The summed E-state index contributed by atoms with van der Waals surface area (Å²) in [6.45, 7) is 2.71. The van der Waals surface area contributed by atoms with Crippen LogP contribution in [0.3, 0.4) is 0 Å². The maximum atomic E-state index is 13.2. The molecule has 1 atom stereocenters. The molecule has 4 heteroatoms. The van der Waals surface area contributed by atoms with Gasteiger partial charge in [-0.3, -0.25) is 0 Å². The van der Waals surface area contributed by atoms with E-state index in [2.05, 4.69) is 5.32 Å². The van der Waals surface area contributed by atoms with E-state index in [1.54, 1.807) is 24.3 Å². The Labute approximate surface area is 116 Å². The number of hydrogen-bond acceptors (Lipinski definition) is 1. The van der Waals surface area contributed by atoms with Crippen LogP contribution < -0.4 is 5.32 Å². The molecule has 1 nitrogen and oxygen atoms in total. The Kier molecular flexibility index (Phi) is 4.51. The quantitative estimate of drug-likeness (QED) is 0.880. The third-order valence-corrected chi connectivity index (χ3v) is 3.18. The lowest BCUT2D eigenvalue weighted by Crippen LogP contribution is -2.22. The van der Waals surface area contributed by atoms with Gasteiger partial charge in [0.05, 0.1) is 11.1 Å². The van der Waals surface area contributed by atoms with E-state index in [0.29, 0.717) is 0 Å². The minimum absolute atomic E-state index is 0.0857. The van der Waals surface area contributed by atoms with Crippen molar-refractivity contribution in [3.05, 3.63) is 70.2 Å². The second kappa shape index (κ2) is 6.13. The van der Waals surface area contributed by atoms with Crippen molar-refractivity contribution in [2.24, 2.45) is 0 Å². The van der Waals surface area contributed by atoms with Crippen molar-refractivity contribution in [3.8, 4) is 0 Å². The summed E-state index contributed by atoms with van der Waals surface area (Å²) in [6.07, 6.45) is 0. The average Bonchev–Trinajstić information content (AvgIpc) is 2.41. The fraction of sp³-hybridized carbons (Fsp3) is 0.200. The monoisotopic (exact) mass is 281 g/mol. The summed E-state index contributed by atoms with van der Waals surface area (Å²) >= 11 is 5.81. The van der Waals surface area contributed by atoms with Crippen LogP contribution in [0.2, 0.25) is 5.02 Å². The van der Waals surface area contributed by atoms with Crippen molar-refractivity contribution in [1.29, 1.82) is 0 Å². The van der Waals surface area contributed by atoms with Crippen molar-refractivity contribution >= 4 is 11.6 Å². The molecule has 0 radical (unpaired) electrons. The summed E-state index contributed by atoms with van der Waals surface area (Å²) in [5.74, 6) is -0.726. The maximum Gasteiger partial charge on any atom is 0.141 e. The van der Waals surface area contributed by atoms with Gasteiger partial charge in [-0.1, -0.05) is 36.7 Å². The lowest BCUT2D eigenvalue weighted by atomic mass is 9.98. The van der Waals surface area contributed by atoms with E-state index in [4.69, 9.17) is 11.6 Å². The van der Waals surface area contributed by atoms with E-state index in [9.17, 15) is 8.78 Å². The van der Waals surface area contributed by atoms with Gasteiger partial charge in [-0.25, -0.2) is 8.78 Å². The molecule has 0 aliphatic rings. The molecule has 1 N–H and O–H groups in total. The molecule has 0 aromatic heterocycles. The minimum atomic E-state index is -0.445. The first-order valence-corrected chi connectivity index (χ1v) is 6.43. The molecule has 0 bridgehead atoms. The highest BCUT2D eigenvalue weighted by Gasteiger charge is 2.14. The molecular weight excluding hydrogens is 268 g/mol. The Bertz CT molecular complexity index is 555. The molecule has 0 aliphatic carbocycles. The van der Waals surface area contributed by atoms with Gasteiger partial charge in [-0.05, 0) is 41.9 Å². The molecule has 2 rings (SSSR count). The number of halogens is 3. The first-order chi connectivity index (χ1) is 9.11. The van der Waals surface area contributed by atoms with E-state index in [0.717, 1.165) is 17.7 Å². The summed E-state index contributed by atoms with van der Waals surface area (Å²) in [7, 11) is 0. The normalized spacial score (nSPS) is 12.4. The van der Waals surface area contributed by atoms with Gasteiger partial charge in [0.25, 0.3) is 0 Å². The minimum Gasteiger partial charge on any atom is -0.307 e. The zero-order chi connectivity index (χ0) is 13.8. The molecule has 0 saturated carbocycles. The van der Waals surface area contributed by atoms with Gasteiger partial charge < -0.3 is 5.32 Å². The van der Waals surface area contributed by atoms with Gasteiger partial charge in [-0.2, -0.15) is 0 Å². The van der Waals surface area contributed by atoms with Crippen LogP contribution in [-0.4, -0.2) is 6.54 Å². The second-order valence-corrected chi connectivity index (χ2v) is 4.62. The molecule has 19 heavy (non-hydrogen) atoms. The fourth-order valence-electron chi connectivity index (χ4n) is 1.98. The molecule has 100 valence electrons. The standard InChI is InChI=1S/C15H14ClF2N/c1-2-19-15(10-3-6-12(17)7-4-10)11-5-8-14(18)13(16)9-11/h3-9,15,19H,2H2,1H3. The molecule has 0 aliphatic heterocycles. The van der Waals surface area contributed by atoms with E-state index < -0.39 is 5.82 Å². The number of benzene rings is 2. The molecule has 0 fully saturated rings. The second-order valence-electron chi connectivity index (χ2n) is 4.22. The van der Waals surface area contributed by atoms with Crippen molar-refractivity contribution in [3.63, 3.8) is 0 Å². The van der Waals surface area contributed by atoms with Crippen molar-refractivity contribution in [2.75, 3.05) is 6.54 Å². The van der Waals surface area contributed by atoms with E-state index in [1.165, 1.54) is 18.2 Å². The predicted octanol–water partition coefficient (Wildman–Crippen LogP) is 4.32. The highest BCUT2D eigenvalue weighted by molar-refractivity contribution is 6.30. The van der Waals surface area contributed by atoms with Crippen LogP contribution >= 0.6 is 11.6 Å². The van der Waals surface area contributed by atoms with Crippen LogP contribution in [-0.2, 0) is 0 Å². The molecule has 0 amide bonds. The Balaban J connectivity index is 2.38. The van der Waals surface area contributed by atoms with Gasteiger partial charge in [0.1, 0.15) is 11.6 Å². The summed E-state index contributed by atoms with van der Waals surface area (Å²) in [4.78, 5) is 0. The summed E-state index contributed by atoms with van der Waals surface area (Å²) in [6, 6.07) is 10.7. The van der Waals surface area contributed by atoms with E-state index in [1.807, 2.05) is 6.92 Å². The summed E-state index contributed by atoms with van der Waals surface area (Å²) in [5.41, 5.74) is 1.76. The average molecular weight is 282 g/mol. The van der Waals surface area contributed by atoms with Gasteiger partial charge in [-0.15, -0.1) is 0 Å². The lowest BCUT2D eigenvalue weighted by Gasteiger charge is -2.19. The first-order valence-electron chi connectivity index (χ1n) is 6.05. The summed E-state index contributed by atoms with van der Waals surface area (Å²) in [5, 5.41) is 3.36. The van der Waals surface area contributed by atoms with Crippen LogP contribution in [0.25, 0.3) is 0 Å². The smallest absolute Gasteiger partial charge is 0.141 e. The molecule has 2 aromatic carbocycles. The molecule has 0 saturated heterocycles. The fourth-order valence-corrected chi connectivity index (χ4v) is 2.17. The van der Waals surface area contributed by atoms with Gasteiger partial charge in [0.2, 0.25) is 0 Å². The van der Waals surface area contributed by atoms with Gasteiger partial charge in [0.15, 0.2) is 0 Å². The zero-order valence-electron chi connectivity index (χ0n) is 10.5. The molecule has 2 aromatic rings. The molecule has 1 unspecified atom stereocenters. The van der Waals surface area contributed by atoms with Crippen LogP contribution in [0.15, 0.2) is 42.5 Å². The molecular formula is C15H14ClF2N. The van der Waals surface area contributed by atoms with Crippen molar-refractivity contribution in [2.45, 2.75) is 13.0 Å². The van der Waals surface area contributed by atoms with Crippen molar-refractivity contribution in [1.82, 2.24) is 5.32 Å². The Morgan fingerprint density at radius 3 is 2.26 bits per heavy atom. The summed E-state index contributed by atoms with van der Waals surface area (Å²) < 4.78 is 26.2. The third-order valence-electron chi connectivity index (χ3n) is 2.89. The van der Waals surface area contributed by atoms with Crippen LogP contribution in [0.1, 0.15) is 24.1 Å². The topological polar surface area (TPSA) is 12.0 Å². The highest BCUT2D eigenvalue weighted by atomic mass is 35.5. The van der Waals surface area contributed by atoms with Crippen LogP contribution in [0, 0.1) is 11.6 Å². The molecule has 0 spiro atoms. The number of rotatable bonds is 4. The van der Waals surface area contributed by atoms with Crippen molar-refractivity contribution < 1.29 is 8.78 Å². The predicted molar refractivity (Wildman–Crippen MR) is 73.3 cm³/mol. The van der Waals surface area contributed by atoms with E-state index in [-0.39, 0.29) is 16.9 Å². The highest BCUT2D eigenvalue weighted by Crippen LogP contribution is 2.26. The largest absolute Gasteiger partial charge is 0.307 e. The lowest BCUT2D eigenvalue weighted by molar-refractivity contribution is 0.607. The van der Waals surface area contributed by atoms with Crippen LogP contribution in [0.4, 0.5) is 8.78 Å². The van der Waals surface area contributed by atoms with E-state index >= 15 is 0 Å². The Morgan fingerprint density at radius 2 is 1.68 bits per heavy atom.